The van der Waals surface area contributed by atoms with E-state index in [-0.39, 0.29) is 24.4 Å². The largest absolute Gasteiger partial charge is 0.352 e. The fourth-order valence-corrected chi connectivity index (χ4v) is 3.29. The number of amides is 1. The molecule has 0 radical (unpaired) electrons. The monoisotopic (exact) mass is 378 g/mol. The Labute approximate surface area is 164 Å². The second kappa shape index (κ2) is 8.69. The standard InChI is InChI=1S/C22H26N4O2/c1-15-11-16(2)25-22(28)20(15)14-23-21(27)12-19-13-24-26(17(19)3)10-9-18-7-5-4-6-8-18/h4-8,11,13H,9-10,12,14H2,1-3H3,(H,23,27)(H,25,28). The summed E-state index contributed by atoms with van der Waals surface area (Å²) < 4.78 is 1.93. The fraction of sp³-hybridized carbons (Fsp3) is 0.318. The summed E-state index contributed by atoms with van der Waals surface area (Å²) in [6, 6.07) is 12.2. The predicted molar refractivity (Wildman–Crippen MR) is 109 cm³/mol. The molecule has 28 heavy (non-hydrogen) atoms. The molecule has 0 unspecified atom stereocenters. The highest BCUT2D eigenvalue weighted by atomic mass is 16.1. The number of aryl methyl sites for hydroxylation is 4. The van der Waals surface area contributed by atoms with Crippen molar-refractivity contribution in [3.8, 4) is 0 Å². The molecule has 2 heterocycles. The highest BCUT2D eigenvalue weighted by Crippen LogP contribution is 2.10. The number of nitrogens with one attached hydrogen (secondary N) is 2. The number of rotatable bonds is 7. The predicted octanol–water partition coefficient (Wildman–Crippen LogP) is 2.60. The first kappa shape index (κ1) is 19.6. The first-order valence-corrected chi connectivity index (χ1v) is 9.45. The van der Waals surface area contributed by atoms with Gasteiger partial charge >= 0.3 is 0 Å². The molecule has 0 aliphatic carbocycles. The molecule has 3 aromatic rings. The van der Waals surface area contributed by atoms with Gasteiger partial charge in [-0.25, -0.2) is 0 Å². The van der Waals surface area contributed by atoms with Crippen molar-refractivity contribution < 1.29 is 4.79 Å². The van der Waals surface area contributed by atoms with E-state index in [4.69, 9.17) is 0 Å². The van der Waals surface area contributed by atoms with Crippen molar-refractivity contribution in [3.63, 3.8) is 0 Å². The van der Waals surface area contributed by atoms with Gasteiger partial charge in [0, 0.05) is 35.6 Å². The van der Waals surface area contributed by atoms with Gasteiger partial charge in [0.05, 0.1) is 12.6 Å². The van der Waals surface area contributed by atoms with E-state index >= 15 is 0 Å². The minimum absolute atomic E-state index is 0.120. The molecule has 2 aromatic heterocycles. The maximum Gasteiger partial charge on any atom is 0.253 e. The van der Waals surface area contributed by atoms with Gasteiger partial charge in [0.15, 0.2) is 0 Å². The summed E-state index contributed by atoms with van der Waals surface area (Å²) in [6.45, 7) is 6.70. The lowest BCUT2D eigenvalue weighted by molar-refractivity contribution is -0.120. The molecule has 0 spiro atoms. The maximum absolute atomic E-state index is 12.4. The van der Waals surface area contributed by atoms with Gasteiger partial charge in [-0.15, -0.1) is 0 Å². The Kier molecular flexibility index (Phi) is 6.09. The van der Waals surface area contributed by atoms with Crippen LogP contribution in [0, 0.1) is 20.8 Å². The fourth-order valence-electron chi connectivity index (χ4n) is 3.29. The molecule has 1 aromatic carbocycles. The normalized spacial score (nSPS) is 10.8. The number of benzene rings is 1. The van der Waals surface area contributed by atoms with E-state index in [0.29, 0.717) is 5.56 Å². The van der Waals surface area contributed by atoms with E-state index in [1.54, 1.807) is 6.20 Å². The third-order valence-electron chi connectivity index (χ3n) is 4.97. The van der Waals surface area contributed by atoms with Crippen LogP contribution in [0.4, 0.5) is 0 Å². The van der Waals surface area contributed by atoms with Gasteiger partial charge in [-0.2, -0.15) is 5.10 Å². The molecule has 0 saturated carbocycles. The summed E-state index contributed by atoms with van der Waals surface area (Å²) in [7, 11) is 0. The first-order valence-electron chi connectivity index (χ1n) is 9.45. The number of aromatic nitrogens is 3. The summed E-state index contributed by atoms with van der Waals surface area (Å²) in [5, 5.41) is 7.27. The van der Waals surface area contributed by atoms with Crippen molar-refractivity contribution in [2.45, 2.75) is 46.7 Å². The van der Waals surface area contributed by atoms with E-state index in [1.807, 2.05) is 49.7 Å². The molecule has 1 amide bonds. The van der Waals surface area contributed by atoms with E-state index in [9.17, 15) is 9.59 Å². The number of hydrogen-bond acceptors (Lipinski definition) is 3. The van der Waals surface area contributed by atoms with Crippen molar-refractivity contribution in [1.82, 2.24) is 20.1 Å². The van der Waals surface area contributed by atoms with Crippen LogP contribution in [0.5, 0.6) is 0 Å². The second-order valence-electron chi connectivity index (χ2n) is 7.11. The van der Waals surface area contributed by atoms with Crippen LogP contribution >= 0.6 is 0 Å². The van der Waals surface area contributed by atoms with E-state index < -0.39 is 0 Å². The van der Waals surface area contributed by atoms with Gasteiger partial charge < -0.3 is 10.3 Å². The Morgan fingerprint density at radius 2 is 1.93 bits per heavy atom. The molecule has 2 N–H and O–H groups in total. The molecule has 146 valence electrons. The highest BCUT2D eigenvalue weighted by molar-refractivity contribution is 5.78. The van der Waals surface area contributed by atoms with Crippen molar-refractivity contribution in [3.05, 3.63) is 86.6 Å². The Balaban J connectivity index is 1.57. The van der Waals surface area contributed by atoms with E-state index in [2.05, 4.69) is 27.5 Å². The van der Waals surface area contributed by atoms with Gasteiger partial charge in [-0.3, -0.25) is 14.3 Å². The average Bonchev–Trinajstić information content (AvgIpc) is 2.99. The Bertz CT molecular complexity index is 1020. The number of pyridine rings is 1. The number of carbonyl (C=O) groups is 1. The number of hydrogen-bond donors (Lipinski definition) is 2. The van der Waals surface area contributed by atoms with Gasteiger partial charge in [0.1, 0.15) is 0 Å². The van der Waals surface area contributed by atoms with Crippen LogP contribution in [0.25, 0.3) is 0 Å². The van der Waals surface area contributed by atoms with Crippen LogP contribution in [0.3, 0.4) is 0 Å². The summed E-state index contributed by atoms with van der Waals surface area (Å²) in [4.78, 5) is 27.2. The van der Waals surface area contributed by atoms with Gasteiger partial charge in [0.25, 0.3) is 5.56 Å². The van der Waals surface area contributed by atoms with Crippen LogP contribution in [-0.2, 0) is 30.7 Å². The Morgan fingerprint density at radius 3 is 2.64 bits per heavy atom. The Morgan fingerprint density at radius 1 is 1.18 bits per heavy atom. The smallest absolute Gasteiger partial charge is 0.253 e. The van der Waals surface area contributed by atoms with Crippen molar-refractivity contribution in [2.24, 2.45) is 0 Å². The zero-order chi connectivity index (χ0) is 20.1. The average molecular weight is 378 g/mol. The molecule has 0 aliphatic heterocycles. The van der Waals surface area contributed by atoms with Crippen molar-refractivity contribution in [2.75, 3.05) is 0 Å². The molecule has 0 bridgehead atoms. The van der Waals surface area contributed by atoms with Crippen LogP contribution < -0.4 is 10.9 Å². The molecule has 6 nitrogen and oxygen atoms in total. The number of aromatic amines is 1. The van der Waals surface area contributed by atoms with Crippen molar-refractivity contribution in [1.29, 1.82) is 0 Å². The summed E-state index contributed by atoms with van der Waals surface area (Å²) >= 11 is 0. The van der Waals surface area contributed by atoms with E-state index in [0.717, 1.165) is 35.5 Å². The summed E-state index contributed by atoms with van der Waals surface area (Å²) in [5.74, 6) is -0.120. The molecule has 0 fully saturated rings. The second-order valence-corrected chi connectivity index (χ2v) is 7.11. The quantitative estimate of drug-likeness (QED) is 0.663. The topological polar surface area (TPSA) is 79.8 Å². The van der Waals surface area contributed by atoms with Crippen LogP contribution in [0.1, 0.15) is 33.6 Å². The zero-order valence-corrected chi connectivity index (χ0v) is 16.6. The molecule has 6 heteroatoms. The lowest BCUT2D eigenvalue weighted by Crippen LogP contribution is -2.29. The van der Waals surface area contributed by atoms with Crippen molar-refractivity contribution >= 4 is 5.91 Å². The third-order valence-corrected chi connectivity index (χ3v) is 4.97. The number of nitrogens with zero attached hydrogens (tertiary/aromatic N) is 2. The van der Waals surface area contributed by atoms with Crippen LogP contribution in [-0.4, -0.2) is 20.7 Å². The molecular formula is C22H26N4O2. The van der Waals surface area contributed by atoms with Crippen LogP contribution in [0.15, 0.2) is 47.4 Å². The molecule has 0 saturated heterocycles. The lowest BCUT2D eigenvalue weighted by atomic mass is 10.1. The number of H-pyrrole nitrogens is 1. The van der Waals surface area contributed by atoms with E-state index in [1.165, 1.54) is 5.56 Å². The van der Waals surface area contributed by atoms with Gasteiger partial charge in [0.2, 0.25) is 5.91 Å². The number of carbonyl (C=O) groups excluding carboxylic acids is 1. The van der Waals surface area contributed by atoms with Gasteiger partial charge in [-0.1, -0.05) is 30.3 Å². The lowest BCUT2D eigenvalue weighted by Gasteiger charge is -2.09. The summed E-state index contributed by atoms with van der Waals surface area (Å²) in [6.07, 6.45) is 2.90. The van der Waals surface area contributed by atoms with Gasteiger partial charge in [-0.05, 0) is 44.4 Å². The molecular weight excluding hydrogens is 352 g/mol. The Hall–Kier alpha value is -3.15. The first-order chi connectivity index (χ1) is 13.4. The summed E-state index contributed by atoms with van der Waals surface area (Å²) in [5.41, 5.74) is 5.30. The molecule has 0 aliphatic rings. The SMILES string of the molecule is Cc1cc(C)c(CNC(=O)Cc2cnn(CCc3ccccc3)c2C)c(=O)[nH]1. The highest BCUT2D eigenvalue weighted by Gasteiger charge is 2.12. The molecule has 0 atom stereocenters. The molecule has 3 rings (SSSR count). The minimum Gasteiger partial charge on any atom is -0.352 e. The maximum atomic E-state index is 12.4. The third kappa shape index (κ3) is 4.76. The van der Waals surface area contributed by atoms with Crippen LogP contribution in [0.2, 0.25) is 0 Å². The minimum atomic E-state index is -0.150. The zero-order valence-electron chi connectivity index (χ0n) is 16.6.